The van der Waals surface area contributed by atoms with Crippen molar-refractivity contribution in [2.24, 2.45) is 0 Å². The Kier molecular flexibility index (Phi) is 2.89. The smallest absolute Gasteiger partial charge is 0.124 e. The predicted octanol–water partition coefficient (Wildman–Crippen LogP) is 3.43. The summed E-state index contributed by atoms with van der Waals surface area (Å²) in [6, 6.07) is 4.53. The molecule has 0 unspecified atom stereocenters. The Hall–Kier alpha value is -0.560. The fourth-order valence-electron chi connectivity index (χ4n) is 0.994. The Bertz CT molecular complexity index is 245. The molecule has 0 saturated carbocycles. The summed E-state index contributed by atoms with van der Waals surface area (Å²) in [5.74, 6) is -0.269. The van der Waals surface area contributed by atoms with Crippen LogP contribution in [-0.2, 0) is 6.42 Å². The van der Waals surface area contributed by atoms with Crippen molar-refractivity contribution in [3.63, 3.8) is 0 Å². The molecule has 0 N–H and O–H groups in total. The molecule has 2 heteroatoms. The Morgan fingerprint density at radius 3 is 2.73 bits per heavy atom. The Balaban J connectivity index is 2.90. The van der Waals surface area contributed by atoms with E-state index in [0.29, 0.717) is 5.02 Å². The lowest BCUT2D eigenvalue weighted by Crippen LogP contribution is -1.85. The molecule has 0 bridgehead atoms. The lowest BCUT2D eigenvalue weighted by Gasteiger charge is -2.00. The average Bonchev–Trinajstić information content (AvgIpc) is 1.95. The van der Waals surface area contributed by atoms with Crippen LogP contribution in [0.3, 0.4) is 0 Å². The summed E-state index contributed by atoms with van der Waals surface area (Å²) in [4.78, 5) is 0. The zero-order valence-corrected chi connectivity index (χ0v) is 7.16. The highest BCUT2D eigenvalue weighted by Crippen LogP contribution is 2.18. The van der Waals surface area contributed by atoms with E-state index in [9.17, 15) is 4.39 Å². The molecule has 0 heterocycles. The van der Waals surface area contributed by atoms with Gasteiger partial charge in [0, 0.05) is 5.02 Å². The van der Waals surface area contributed by atoms with Crippen molar-refractivity contribution in [2.45, 2.75) is 19.8 Å². The number of halogens is 2. The maximum atomic E-state index is 12.5. The van der Waals surface area contributed by atoms with Crippen molar-refractivity contribution in [1.29, 1.82) is 0 Å². The second-order valence-corrected chi connectivity index (χ2v) is 2.89. The Morgan fingerprint density at radius 2 is 2.18 bits per heavy atom. The van der Waals surface area contributed by atoms with Gasteiger partial charge in [-0.2, -0.15) is 0 Å². The van der Waals surface area contributed by atoms with Crippen LogP contribution in [0.5, 0.6) is 0 Å². The van der Waals surface area contributed by atoms with E-state index in [1.165, 1.54) is 12.1 Å². The van der Waals surface area contributed by atoms with Crippen molar-refractivity contribution in [1.82, 2.24) is 0 Å². The fourth-order valence-corrected chi connectivity index (χ4v) is 1.26. The fraction of sp³-hybridized carbons (Fsp3) is 0.333. The van der Waals surface area contributed by atoms with Gasteiger partial charge >= 0.3 is 0 Å². The molecule has 11 heavy (non-hydrogen) atoms. The molecule has 0 saturated heterocycles. The number of rotatable bonds is 2. The molecule has 0 aliphatic rings. The predicted molar refractivity (Wildman–Crippen MR) is 45.4 cm³/mol. The van der Waals surface area contributed by atoms with Gasteiger partial charge in [0.1, 0.15) is 5.82 Å². The van der Waals surface area contributed by atoms with Gasteiger partial charge in [0.2, 0.25) is 0 Å². The highest BCUT2D eigenvalue weighted by Gasteiger charge is 1.99. The number of aryl methyl sites for hydroxylation is 1. The normalized spacial score (nSPS) is 10.1. The van der Waals surface area contributed by atoms with Crippen LogP contribution in [0.4, 0.5) is 4.39 Å². The summed E-state index contributed by atoms with van der Waals surface area (Å²) in [7, 11) is 0. The third-order valence-electron chi connectivity index (χ3n) is 1.53. The molecule has 60 valence electrons. The Labute approximate surface area is 71.0 Å². The molecule has 0 atom stereocenters. The number of benzene rings is 1. The first-order valence-corrected chi connectivity index (χ1v) is 4.05. The summed E-state index contributed by atoms with van der Waals surface area (Å²) < 4.78 is 12.5. The lowest BCUT2D eigenvalue weighted by molar-refractivity contribution is 0.627. The third kappa shape index (κ3) is 2.19. The van der Waals surface area contributed by atoms with Crippen LogP contribution in [-0.4, -0.2) is 0 Å². The maximum absolute atomic E-state index is 12.5. The molecular formula is C9H10ClF. The lowest BCUT2D eigenvalue weighted by atomic mass is 10.1. The average molecular weight is 173 g/mol. The molecule has 0 spiro atoms. The Morgan fingerprint density at radius 1 is 1.45 bits per heavy atom. The minimum Gasteiger partial charge on any atom is -0.207 e. The molecule has 0 aromatic heterocycles. The van der Waals surface area contributed by atoms with Gasteiger partial charge in [-0.1, -0.05) is 31.0 Å². The van der Waals surface area contributed by atoms with Gasteiger partial charge in [-0.05, 0) is 24.1 Å². The topological polar surface area (TPSA) is 0 Å². The van der Waals surface area contributed by atoms with E-state index in [1.54, 1.807) is 6.07 Å². The summed E-state index contributed by atoms with van der Waals surface area (Å²) in [6.07, 6.45) is 1.95. The van der Waals surface area contributed by atoms with Crippen LogP contribution < -0.4 is 0 Å². The van der Waals surface area contributed by atoms with Gasteiger partial charge in [0.15, 0.2) is 0 Å². The quantitative estimate of drug-likeness (QED) is 0.641. The zero-order valence-electron chi connectivity index (χ0n) is 6.40. The van der Waals surface area contributed by atoms with Crippen molar-refractivity contribution in [2.75, 3.05) is 0 Å². The molecule has 0 fully saturated rings. The second kappa shape index (κ2) is 3.72. The molecular weight excluding hydrogens is 163 g/mol. The highest BCUT2D eigenvalue weighted by atomic mass is 35.5. The van der Waals surface area contributed by atoms with Crippen molar-refractivity contribution in [3.05, 3.63) is 34.6 Å². The molecule has 1 rings (SSSR count). The van der Waals surface area contributed by atoms with Crippen molar-refractivity contribution < 1.29 is 4.39 Å². The molecule has 1 aromatic carbocycles. The third-order valence-corrected chi connectivity index (χ3v) is 1.89. The van der Waals surface area contributed by atoms with E-state index in [0.717, 1.165) is 18.4 Å². The number of hydrogen-bond donors (Lipinski definition) is 0. The van der Waals surface area contributed by atoms with Gasteiger partial charge in [-0.15, -0.1) is 0 Å². The van der Waals surface area contributed by atoms with Crippen LogP contribution in [0, 0.1) is 5.82 Å². The van der Waals surface area contributed by atoms with Gasteiger partial charge in [-0.3, -0.25) is 0 Å². The van der Waals surface area contributed by atoms with Crippen molar-refractivity contribution in [3.8, 4) is 0 Å². The minimum absolute atomic E-state index is 0.269. The zero-order chi connectivity index (χ0) is 8.27. The first-order valence-electron chi connectivity index (χ1n) is 3.68. The van der Waals surface area contributed by atoms with Crippen LogP contribution in [0.25, 0.3) is 0 Å². The van der Waals surface area contributed by atoms with E-state index in [-0.39, 0.29) is 5.82 Å². The highest BCUT2D eigenvalue weighted by molar-refractivity contribution is 6.31. The first kappa shape index (κ1) is 8.54. The summed E-state index contributed by atoms with van der Waals surface area (Å²) in [5.41, 5.74) is 1.02. The van der Waals surface area contributed by atoms with Crippen LogP contribution in [0.2, 0.25) is 5.02 Å². The van der Waals surface area contributed by atoms with Gasteiger partial charge in [0.05, 0.1) is 0 Å². The van der Waals surface area contributed by atoms with E-state index >= 15 is 0 Å². The molecule has 0 amide bonds. The summed E-state index contributed by atoms with van der Waals surface area (Å²) >= 11 is 5.77. The minimum atomic E-state index is -0.269. The van der Waals surface area contributed by atoms with E-state index < -0.39 is 0 Å². The van der Waals surface area contributed by atoms with E-state index in [1.807, 2.05) is 0 Å². The first-order chi connectivity index (χ1) is 5.24. The van der Waals surface area contributed by atoms with Crippen LogP contribution >= 0.6 is 11.6 Å². The number of hydrogen-bond acceptors (Lipinski definition) is 0. The largest absolute Gasteiger partial charge is 0.207 e. The second-order valence-electron chi connectivity index (χ2n) is 2.49. The van der Waals surface area contributed by atoms with Gasteiger partial charge < -0.3 is 0 Å². The standard InChI is InChI=1S/C9H10ClF/c1-2-3-7-4-5-8(11)6-9(7)10/h4-6H,2-3H2,1H3. The monoisotopic (exact) mass is 172 g/mol. The summed E-state index contributed by atoms with van der Waals surface area (Å²) in [5, 5.41) is 0.534. The van der Waals surface area contributed by atoms with E-state index in [2.05, 4.69) is 6.92 Å². The van der Waals surface area contributed by atoms with Crippen LogP contribution in [0.1, 0.15) is 18.9 Å². The molecule has 0 aliphatic heterocycles. The van der Waals surface area contributed by atoms with Crippen LogP contribution in [0.15, 0.2) is 18.2 Å². The van der Waals surface area contributed by atoms with Gasteiger partial charge in [-0.25, -0.2) is 4.39 Å². The maximum Gasteiger partial charge on any atom is 0.124 e. The van der Waals surface area contributed by atoms with Gasteiger partial charge in [0.25, 0.3) is 0 Å². The molecule has 0 aliphatic carbocycles. The van der Waals surface area contributed by atoms with Crippen molar-refractivity contribution >= 4 is 11.6 Å². The molecule has 0 nitrogen and oxygen atoms in total. The van der Waals surface area contributed by atoms with E-state index in [4.69, 9.17) is 11.6 Å². The molecule has 0 radical (unpaired) electrons. The SMILES string of the molecule is CCCc1ccc(F)cc1Cl. The molecule has 1 aromatic rings. The summed E-state index contributed by atoms with van der Waals surface area (Å²) in [6.45, 7) is 2.07.